The average molecular weight is 881 g/mol. The Morgan fingerprint density at radius 3 is 0.867 bits per heavy atom. The summed E-state index contributed by atoms with van der Waals surface area (Å²) in [6.45, 7) is 4.21. The molecule has 0 bridgehead atoms. The van der Waals surface area contributed by atoms with Gasteiger partial charge in [-0.2, -0.15) is 0 Å². The van der Waals surface area contributed by atoms with Crippen LogP contribution in [-0.4, -0.2) is 117 Å². The number of hydrazone groups is 3. The first kappa shape index (κ1) is 41.7. The molecule has 0 unspecified atom stereocenters. The summed E-state index contributed by atoms with van der Waals surface area (Å²) in [6, 6.07) is 16.1. The van der Waals surface area contributed by atoms with E-state index in [9.17, 15) is 30.3 Å². The highest BCUT2D eigenvalue weighted by Gasteiger charge is 2.34. The lowest BCUT2D eigenvalue weighted by Crippen LogP contribution is -2.35. The molecule has 312 valence electrons. The van der Waals surface area contributed by atoms with Crippen LogP contribution in [0.2, 0.25) is 15.5 Å². The molecule has 0 aliphatic carbocycles. The number of guanidine groups is 3. The Morgan fingerprint density at radius 2 is 0.667 bits per heavy atom. The summed E-state index contributed by atoms with van der Waals surface area (Å²) >= 11 is 17.9. The molecule has 0 saturated carbocycles. The molecule has 3 saturated heterocycles. The molecule has 60 heavy (non-hydrogen) atoms. The number of nitro groups is 3. The fourth-order valence-corrected chi connectivity index (χ4v) is 7.69. The Hall–Kier alpha value is -6.45. The summed E-state index contributed by atoms with van der Waals surface area (Å²) in [6.07, 6.45) is 4.82. The molecule has 21 nitrogen and oxygen atoms in total. The normalized spacial score (nSPS) is 17.6. The summed E-state index contributed by atoms with van der Waals surface area (Å²) in [5.74, 6) is 0.504. The van der Waals surface area contributed by atoms with Gasteiger partial charge in [0, 0.05) is 97.1 Å². The molecule has 7 rings (SSSR count). The first-order chi connectivity index (χ1) is 28.8. The third-order valence-electron chi connectivity index (χ3n) is 9.85. The van der Waals surface area contributed by atoms with Crippen LogP contribution in [0, 0.1) is 30.3 Å². The predicted molar refractivity (Wildman–Crippen MR) is 220 cm³/mol. The Balaban J connectivity index is 1.18. The van der Waals surface area contributed by atoms with Crippen LogP contribution in [-0.2, 0) is 39.3 Å². The first-order valence-corrected chi connectivity index (χ1v) is 19.6. The highest BCUT2D eigenvalue weighted by Crippen LogP contribution is 2.25. The third-order valence-corrected chi connectivity index (χ3v) is 10.5. The molecule has 24 heteroatoms. The van der Waals surface area contributed by atoms with Crippen molar-refractivity contribution in [2.75, 3.05) is 39.3 Å². The minimum atomic E-state index is -0.729. The van der Waals surface area contributed by atoms with Crippen molar-refractivity contribution >= 4 is 52.7 Å². The lowest BCUT2D eigenvalue weighted by molar-refractivity contribution is -0.486. The maximum atomic E-state index is 11.8. The standard InChI is InChI=1S/C36H36Cl3N15O6/c37-31-4-1-25(16-40-31)19-46-7-10-49(34(46)43-52(55)56)22-28-13-29(23-50-11-8-47(35(50)44-53(57)58)20-26-2-5-32(38)41-17-26)15-30(14-28)24-51-12-9-48(36(51)45-54(59)60)21-27-3-6-33(39)42-18-27/h1-6,13-18H,7-12,19-24H2/b43-34-,44-35-,45-36+. The van der Waals surface area contributed by atoms with Gasteiger partial charge in [-0.25, -0.2) is 45.3 Å². The second-order valence-electron chi connectivity index (χ2n) is 14.1. The van der Waals surface area contributed by atoms with Gasteiger partial charge in [0.15, 0.2) is 15.1 Å². The van der Waals surface area contributed by atoms with E-state index in [1.54, 1.807) is 69.7 Å². The van der Waals surface area contributed by atoms with E-state index in [2.05, 4.69) is 30.3 Å². The minimum absolute atomic E-state index is 0.168. The van der Waals surface area contributed by atoms with Gasteiger partial charge in [-0.15, -0.1) is 0 Å². The lowest BCUT2D eigenvalue weighted by Gasteiger charge is -2.24. The molecule has 6 heterocycles. The van der Waals surface area contributed by atoms with E-state index >= 15 is 0 Å². The van der Waals surface area contributed by atoms with Crippen molar-refractivity contribution in [2.24, 2.45) is 15.3 Å². The van der Waals surface area contributed by atoms with Gasteiger partial charge in [-0.1, -0.05) is 71.2 Å². The highest BCUT2D eigenvalue weighted by atomic mass is 35.5. The lowest BCUT2D eigenvalue weighted by atomic mass is 10.0. The van der Waals surface area contributed by atoms with E-state index in [0.717, 1.165) is 33.4 Å². The van der Waals surface area contributed by atoms with Gasteiger partial charge in [0.05, 0.1) is 0 Å². The number of halogens is 3. The van der Waals surface area contributed by atoms with Crippen molar-refractivity contribution in [3.05, 3.63) is 152 Å². The molecule has 0 spiro atoms. The second-order valence-corrected chi connectivity index (χ2v) is 15.2. The SMILES string of the molecule is O=[N+]([O-])/N=C1\N(Cc2ccc(Cl)nc2)CCN1Cc1cc(CN2CCN(Cc3ccc(Cl)nc3)/C2=N/[N+](=O)[O-])cc(CN2CCN(Cc3ccc(Cl)nc3)/C2=N/[N+](=O)[O-])c1. The van der Waals surface area contributed by atoms with Gasteiger partial charge in [0.1, 0.15) is 30.8 Å². The molecular weight excluding hydrogens is 845 g/mol. The molecule has 4 aromatic rings. The van der Waals surface area contributed by atoms with Crippen LogP contribution in [0.3, 0.4) is 0 Å². The molecule has 1 aromatic carbocycles. The van der Waals surface area contributed by atoms with E-state index in [1.165, 1.54) is 0 Å². The molecule has 3 fully saturated rings. The van der Waals surface area contributed by atoms with Gasteiger partial charge in [-0.3, -0.25) is 0 Å². The predicted octanol–water partition coefficient (Wildman–Crippen LogP) is 4.43. The van der Waals surface area contributed by atoms with Crippen molar-refractivity contribution in [1.82, 2.24) is 44.4 Å². The zero-order valence-corrected chi connectivity index (χ0v) is 34.0. The molecule has 0 radical (unpaired) electrons. The quantitative estimate of drug-likeness (QED) is 0.0915. The topological polar surface area (TPSA) is 225 Å². The number of hydrogen-bond donors (Lipinski definition) is 0. The van der Waals surface area contributed by atoms with Crippen molar-refractivity contribution in [2.45, 2.75) is 39.3 Å². The summed E-state index contributed by atoms with van der Waals surface area (Å²) in [4.78, 5) is 58.6. The molecular formula is C36H36Cl3N15O6. The van der Waals surface area contributed by atoms with Gasteiger partial charge >= 0.3 is 0 Å². The van der Waals surface area contributed by atoms with Crippen molar-refractivity contribution in [3.8, 4) is 0 Å². The summed E-state index contributed by atoms with van der Waals surface area (Å²) in [7, 11) is 0. The maximum Gasteiger partial charge on any atom is 0.274 e. The fourth-order valence-electron chi connectivity index (χ4n) is 7.36. The number of pyridine rings is 3. The molecule has 3 aliphatic heterocycles. The third kappa shape index (κ3) is 10.8. The van der Waals surface area contributed by atoms with Gasteiger partial charge in [0.25, 0.3) is 17.9 Å². The Kier molecular flexibility index (Phi) is 13.0. The van der Waals surface area contributed by atoms with E-state index in [1.807, 2.05) is 32.9 Å². The first-order valence-electron chi connectivity index (χ1n) is 18.5. The molecule has 0 N–H and O–H groups in total. The van der Waals surface area contributed by atoms with Crippen molar-refractivity contribution in [3.63, 3.8) is 0 Å². The van der Waals surface area contributed by atoms with Crippen LogP contribution in [0.5, 0.6) is 0 Å². The van der Waals surface area contributed by atoms with E-state index in [0.29, 0.717) is 74.4 Å². The zero-order valence-electron chi connectivity index (χ0n) is 31.7. The number of nitrogens with zero attached hydrogens (tertiary/aromatic N) is 15. The van der Waals surface area contributed by atoms with Crippen LogP contribution in [0.15, 0.2) is 88.5 Å². The van der Waals surface area contributed by atoms with Gasteiger partial charge in [0.2, 0.25) is 0 Å². The monoisotopic (exact) mass is 879 g/mol. The van der Waals surface area contributed by atoms with Crippen LogP contribution in [0.4, 0.5) is 0 Å². The van der Waals surface area contributed by atoms with Gasteiger partial charge < -0.3 is 29.4 Å². The summed E-state index contributed by atoms with van der Waals surface area (Å²) in [5.41, 5.74) is 4.67. The Labute approximate surface area is 357 Å². The Bertz CT molecular complexity index is 2050. The molecule has 0 amide bonds. The van der Waals surface area contributed by atoms with Crippen LogP contribution in [0.1, 0.15) is 33.4 Å². The smallest absolute Gasteiger partial charge is 0.274 e. The molecule has 0 atom stereocenters. The number of rotatable bonds is 15. The van der Waals surface area contributed by atoms with Crippen LogP contribution < -0.4 is 0 Å². The molecule has 3 aromatic heterocycles. The van der Waals surface area contributed by atoms with Gasteiger partial charge in [-0.05, 0) is 51.6 Å². The van der Waals surface area contributed by atoms with E-state index < -0.39 is 15.1 Å². The van der Waals surface area contributed by atoms with Crippen molar-refractivity contribution < 1.29 is 15.1 Å². The zero-order chi connectivity index (χ0) is 42.3. The summed E-state index contributed by atoms with van der Waals surface area (Å²) in [5, 5.41) is 45.5. The largest absolute Gasteiger partial charge is 0.331 e. The van der Waals surface area contributed by atoms with E-state index in [-0.39, 0.29) is 37.5 Å². The van der Waals surface area contributed by atoms with Crippen molar-refractivity contribution in [1.29, 1.82) is 0 Å². The van der Waals surface area contributed by atoms with Crippen LogP contribution >= 0.6 is 34.8 Å². The van der Waals surface area contributed by atoms with E-state index in [4.69, 9.17) is 34.8 Å². The second kappa shape index (κ2) is 18.6. The Morgan fingerprint density at radius 1 is 0.433 bits per heavy atom. The maximum absolute atomic E-state index is 11.8. The highest BCUT2D eigenvalue weighted by molar-refractivity contribution is 6.29. The molecule has 3 aliphatic rings. The summed E-state index contributed by atoms with van der Waals surface area (Å²) < 4.78 is 0. The number of aromatic nitrogens is 3. The minimum Gasteiger partial charge on any atom is -0.331 e. The fraction of sp³-hybridized carbons (Fsp3) is 0.333. The number of benzene rings is 1. The average Bonchev–Trinajstić information content (AvgIpc) is 3.87. The number of hydrogen-bond acceptors (Lipinski definition) is 9. The van der Waals surface area contributed by atoms with Crippen LogP contribution in [0.25, 0.3) is 0 Å².